The van der Waals surface area contributed by atoms with Crippen LogP contribution < -0.4 is 0 Å². The van der Waals surface area contributed by atoms with E-state index in [2.05, 4.69) is 31.7 Å². The lowest BCUT2D eigenvalue weighted by atomic mass is 9.68. The molecule has 252 valence electrons. The lowest BCUT2D eigenvalue weighted by molar-refractivity contribution is -0.154. The third kappa shape index (κ3) is 7.72. The van der Waals surface area contributed by atoms with Crippen LogP contribution in [0, 0.1) is 5.92 Å². The van der Waals surface area contributed by atoms with E-state index in [1.807, 2.05) is 0 Å². The molecule has 2 unspecified atom stereocenters. The van der Waals surface area contributed by atoms with Gasteiger partial charge in [-0.05, 0) is 59.8 Å². The number of esters is 1. The average molecular weight is 634 g/mol. The van der Waals surface area contributed by atoms with Crippen molar-refractivity contribution in [1.82, 2.24) is 14.7 Å². The lowest BCUT2D eigenvalue weighted by Gasteiger charge is -2.43. The van der Waals surface area contributed by atoms with E-state index >= 15 is 0 Å². The molecule has 12 heteroatoms. The number of epoxide rings is 2. The third-order valence-corrected chi connectivity index (χ3v) is 10.3. The highest BCUT2D eigenvalue weighted by Gasteiger charge is 2.72. The molecule has 5 fully saturated rings. The molecular formula is C33H51N3O9. The molecule has 0 bridgehead atoms. The monoisotopic (exact) mass is 633 g/mol. The van der Waals surface area contributed by atoms with E-state index in [-0.39, 0.29) is 72.7 Å². The van der Waals surface area contributed by atoms with E-state index < -0.39 is 12.0 Å². The van der Waals surface area contributed by atoms with Crippen molar-refractivity contribution in [3.8, 4) is 0 Å². The second-order valence-electron chi connectivity index (χ2n) is 13.7. The lowest BCUT2D eigenvalue weighted by Crippen LogP contribution is -2.57. The van der Waals surface area contributed by atoms with Crippen molar-refractivity contribution in [2.45, 2.75) is 108 Å². The zero-order chi connectivity index (χ0) is 32.4. The zero-order valence-corrected chi connectivity index (χ0v) is 27.6. The van der Waals surface area contributed by atoms with Crippen LogP contribution in [0.25, 0.3) is 0 Å². The van der Waals surface area contributed by atoms with Crippen LogP contribution in [0.4, 0.5) is 4.79 Å². The van der Waals surface area contributed by atoms with Crippen molar-refractivity contribution >= 4 is 23.8 Å². The molecule has 4 aliphatic heterocycles. The van der Waals surface area contributed by atoms with Gasteiger partial charge in [0.2, 0.25) is 5.91 Å². The van der Waals surface area contributed by atoms with Crippen LogP contribution in [-0.2, 0) is 38.1 Å². The highest BCUT2D eigenvalue weighted by Crippen LogP contribution is 2.59. The highest BCUT2D eigenvalue weighted by atomic mass is 16.6. The number of ether oxygens (including phenoxy) is 5. The zero-order valence-electron chi connectivity index (χ0n) is 27.6. The maximum Gasteiger partial charge on any atom is 0.410 e. The first-order chi connectivity index (χ1) is 21.5. The molecule has 0 radical (unpaired) electrons. The van der Waals surface area contributed by atoms with Gasteiger partial charge in [-0.2, -0.15) is 0 Å². The van der Waals surface area contributed by atoms with Crippen LogP contribution in [0.3, 0.4) is 0 Å². The number of piperazine rings is 1. The third-order valence-electron chi connectivity index (χ3n) is 10.3. The molecule has 1 saturated carbocycles. The minimum Gasteiger partial charge on any atom is -0.463 e. The summed E-state index contributed by atoms with van der Waals surface area (Å²) in [7, 11) is 1.68. The van der Waals surface area contributed by atoms with Gasteiger partial charge in [0.25, 0.3) is 0 Å². The molecule has 2 amide bonds. The number of rotatable bonds is 12. The van der Waals surface area contributed by atoms with E-state index in [1.54, 1.807) is 16.9 Å². The Morgan fingerprint density at radius 1 is 1.00 bits per heavy atom. The second kappa shape index (κ2) is 14.1. The first-order valence-corrected chi connectivity index (χ1v) is 16.6. The smallest absolute Gasteiger partial charge is 0.410 e. The van der Waals surface area contributed by atoms with Crippen molar-refractivity contribution in [3.63, 3.8) is 0 Å². The fraction of sp³-hybridized carbons (Fsp3) is 0.818. The number of Topliss-reactive ketones (excluding diaryl/α,β-unsaturated/α-hetero) is 1. The summed E-state index contributed by atoms with van der Waals surface area (Å²) in [6.07, 6.45) is 5.23. The number of carbonyl (C=O) groups excluding carboxylic acids is 4. The largest absolute Gasteiger partial charge is 0.463 e. The Morgan fingerprint density at radius 2 is 1.73 bits per heavy atom. The average Bonchev–Trinajstić information content (AvgIpc) is 3.86. The first kappa shape index (κ1) is 33.8. The van der Waals surface area contributed by atoms with Crippen LogP contribution in [0.2, 0.25) is 0 Å². The van der Waals surface area contributed by atoms with Gasteiger partial charge >= 0.3 is 12.1 Å². The van der Waals surface area contributed by atoms with E-state index in [4.69, 9.17) is 23.7 Å². The van der Waals surface area contributed by atoms with Crippen molar-refractivity contribution in [2.24, 2.45) is 5.92 Å². The molecule has 0 aromatic carbocycles. The predicted octanol–water partition coefficient (Wildman–Crippen LogP) is 2.72. The molecule has 5 rings (SSSR count). The molecule has 1 aliphatic carbocycles. The molecule has 5 aliphatic rings. The van der Waals surface area contributed by atoms with Crippen LogP contribution >= 0.6 is 0 Å². The summed E-state index contributed by atoms with van der Waals surface area (Å²) in [4.78, 5) is 55.2. The number of methoxy groups -OCH3 is 1. The quantitative estimate of drug-likeness (QED) is 0.180. The topological polar surface area (TPSA) is 131 Å². The first-order valence-electron chi connectivity index (χ1n) is 16.6. The minimum atomic E-state index is -0.579. The molecule has 7 atom stereocenters. The summed E-state index contributed by atoms with van der Waals surface area (Å²) in [6, 6.07) is -0.579. The van der Waals surface area contributed by atoms with Crippen molar-refractivity contribution < 1.29 is 42.9 Å². The minimum absolute atomic E-state index is 0.0216. The van der Waals surface area contributed by atoms with Gasteiger partial charge in [-0.1, -0.05) is 11.6 Å². The number of ketones is 1. The number of hydrogen-bond acceptors (Lipinski definition) is 10. The fourth-order valence-electron chi connectivity index (χ4n) is 7.54. The summed E-state index contributed by atoms with van der Waals surface area (Å²) in [5.41, 5.74) is 0.607. The maximum atomic E-state index is 13.3. The van der Waals surface area contributed by atoms with E-state index in [0.29, 0.717) is 58.7 Å². The Kier molecular flexibility index (Phi) is 10.6. The van der Waals surface area contributed by atoms with Gasteiger partial charge in [0.15, 0.2) is 0 Å². The Hall–Kier alpha value is -2.54. The fourth-order valence-corrected chi connectivity index (χ4v) is 7.54. The molecule has 1 spiro atoms. The van der Waals surface area contributed by atoms with E-state index in [1.165, 1.54) is 12.5 Å². The molecule has 0 N–H and O–H groups in total. The van der Waals surface area contributed by atoms with Crippen LogP contribution in [-0.4, -0.2) is 134 Å². The van der Waals surface area contributed by atoms with Crippen molar-refractivity contribution in [1.29, 1.82) is 0 Å². The number of amides is 2. The SMILES string of the molecule is CO[C@H]1[C@H](C2(C)O[C@@H]2CC=C(C)C)[C@]2(CC[C@H]1OC(=O)N1CCN(CCOC(=O)C3CCCN3C(=O)CCC(C)=O)CC1)CO2. The molecule has 4 saturated heterocycles. The van der Waals surface area contributed by atoms with Gasteiger partial charge in [-0.25, -0.2) is 9.59 Å². The van der Waals surface area contributed by atoms with Gasteiger partial charge < -0.3 is 38.3 Å². The van der Waals surface area contributed by atoms with Gasteiger partial charge in [0.05, 0.1) is 18.6 Å². The summed E-state index contributed by atoms with van der Waals surface area (Å²) in [5.74, 6) is -0.629. The maximum absolute atomic E-state index is 13.3. The molecule has 0 aromatic rings. The van der Waals surface area contributed by atoms with Gasteiger partial charge in [-0.3, -0.25) is 9.69 Å². The molecular weight excluding hydrogens is 582 g/mol. The summed E-state index contributed by atoms with van der Waals surface area (Å²) in [5, 5.41) is 0. The van der Waals surface area contributed by atoms with Crippen molar-refractivity contribution in [3.05, 3.63) is 11.6 Å². The molecule has 45 heavy (non-hydrogen) atoms. The summed E-state index contributed by atoms with van der Waals surface area (Å²) >= 11 is 0. The standard InChI is InChI=1S/C33H51N3O9/c1-22(2)8-10-26-32(4,45-26)29-28(41-5)25(12-13-33(29)21-43-33)44-31(40)35-17-15-34(16-18-35)19-20-42-30(39)24-7-6-14-36(24)27(38)11-9-23(3)37/h8,24-26,28-29H,6-7,9-21H2,1-5H3/t24?,25-,26-,28-,29-,32?,33+/m1/s1. The Bertz CT molecular complexity index is 1140. The van der Waals surface area contributed by atoms with Crippen LogP contribution in [0.5, 0.6) is 0 Å². The highest BCUT2D eigenvalue weighted by molar-refractivity contribution is 5.87. The van der Waals surface area contributed by atoms with Gasteiger partial charge in [0, 0.05) is 59.2 Å². The summed E-state index contributed by atoms with van der Waals surface area (Å²) < 4.78 is 30.0. The van der Waals surface area contributed by atoms with Gasteiger partial charge in [-0.15, -0.1) is 0 Å². The van der Waals surface area contributed by atoms with E-state index in [9.17, 15) is 19.2 Å². The molecule has 0 aromatic heterocycles. The summed E-state index contributed by atoms with van der Waals surface area (Å²) in [6.45, 7) is 12.0. The normalized spacial score (nSPS) is 34.4. The van der Waals surface area contributed by atoms with Crippen LogP contribution in [0.1, 0.15) is 72.6 Å². The Morgan fingerprint density at radius 3 is 2.38 bits per heavy atom. The second-order valence-corrected chi connectivity index (χ2v) is 13.7. The Balaban J connectivity index is 1.05. The number of allylic oxidation sites excluding steroid dienone is 1. The van der Waals surface area contributed by atoms with E-state index in [0.717, 1.165) is 19.3 Å². The predicted molar refractivity (Wildman–Crippen MR) is 163 cm³/mol. The number of carbonyl (C=O) groups is 4. The number of likely N-dealkylation sites (tertiary alicyclic amines) is 1. The number of hydrogen-bond donors (Lipinski definition) is 0. The van der Waals surface area contributed by atoms with Gasteiger partial charge in [0.1, 0.15) is 41.8 Å². The van der Waals surface area contributed by atoms with Crippen LogP contribution in [0.15, 0.2) is 11.6 Å². The molecule has 12 nitrogen and oxygen atoms in total. The van der Waals surface area contributed by atoms with Crippen molar-refractivity contribution in [2.75, 3.05) is 59.6 Å². The Labute approximate surface area is 266 Å². The number of nitrogens with zero attached hydrogens (tertiary/aromatic N) is 3. The molecule has 4 heterocycles.